The molecule has 0 aliphatic heterocycles. The highest BCUT2D eigenvalue weighted by Crippen LogP contribution is 2.19. The molecule has 0 bridgehead atoms. The SMILES string of the molecule is CC(C#N)CNC(=O)c1c(F)cc(Br)cc1F. The molecule has 90 valence electrons. The van der Waals surface area contributed by atoms with Gasteiger partial charge in [-0.05, 0) is 19.1 Å². The van der Waals surface area contributed by atoms with Crippen LogP contribution in [-0.4, -0.2) is 12.5 Å². The van der Waals surface area contributed by atoms with Crippen LogP contribution in [-0.2, 0) is 0 Å². The third kappa shape index (κ3) is 3.49. The predicted molar refractivity (Wildman–Crippen MR) is 61.2 cm³/mol. The standard InChI is InChI=1S/C11H9BrF2N2O/c1-6(4-15)5-16-11(17)10-8(13)2-7(12)3-9(10)14/h2-3,6H,5H2,1H3,(H,16,17). The lowest BCUT2D eigenvalue weighted by Gasteiger charge is -2.08. The van der Waals surface area contributed by atoms with E-state index in [-0.39, 0.29) is 11.0 Å². The van der Waals surface area contributed by atoms with Crippen LogP contribution in [0.2, 0.25) is 0 Å². The second-order valence-corrected chi connectivity index (χ2v) is 4.40. The maximum absolute atomic E-state index is 13.4. The van der Waals surface area contributed by atoms with E-state index in [9.17, 15) is 13.6 Å². The highest BCUT2D eigenvalue weighted by atomic mass is 79.9. The molecule has 3 nitrogen and oxygen atoms in total. The van der Waals surface area contributed by atoms with Crippen molar-refractivity contribution in [3.63, 3.8) is 0 Å². The first-order chi connectivity index (χ1) is 7.95. The Bertz CT molecular complexity index is 462. The molecule has 1 aromatic carbocycles. The monoisotopic (exact) mass is 302 g/mol. The van der Waals surface area contributed by atoms with Crippen LogP contribution in [0.4, 0.5) is 8.78 Å². The number of rotatable bonds is 3. The van der Waals surface area contributed by atoms with Crippen molar-refractivity contribution in [2.45, 2.75) is 6.92 Å². The summed E-state index contributed by atoms with van der Waals surface area (Å²) in [4.78, 5) is 11.5. The maximum Gasteiger partial charge on any atom is 0.257 e. The molecule has 0 aliphatic carbocycles. The summed E-state index contributed by atoms with van der Waals surface area (Å²) in [6.07, 6.45) is 0. The molecule has 0 aliphatic rings. The number of nitriles is 1. The van der Waals surface area contributed by atoms with Crippen LogP contribution >= 0.6 is 15.9 Å². The molecule has 6 heteroatoms. The highest BCUT2D eigenvalue weighted by molar-refractivity contribution is 9.10. The Morgan fingerprint density at radius 3 is 2.53 bits per heavy atom. The molecule has 0 fully saturated rings. The van der Waals surface area contributed by atoms with Crippen molar-refractivity contribution in [3.8, 4) is 6.07 Å². The Morgan fingerprint density at radius 1 is 1.53 bits per heavy atom. The van der Waals surface area contributed by atoms with E-state index in [0.717, 1.165) is 12.1 Å². The average molecular weight is 303 g/mol. The number of nitrogens with zero attached hydrogens (tertiary/aromatic N) is 1. The summed E-state index contributed by atoms with van der Waals surface area (Å²) in [5, 5.41) is 10.8. The summed E-state index contributed by atoms with van der Waals surface area (Å²) in [6, 6.07) is 3.91. The van der Waals surface area contributed by atoms with Crippen LogP contribution in [0.3, 0.4) is 0 Å². The largest absolute Gasteiger partial charge is 0.351 e. The number of hydrogen-bond donors (Lipinski definition) is 1. The number of hydrogen-bond acceptors (Lipinski definition) is 2. The molecular weight excluding hydrogens is 294 g/mol. The van der Waals surface area contributed by atoms with E-state index < -0.39 is 29.0 Å². The van der Waals surface area contributed by atoms with Gasteiger partial charge < -0.3 is 5.32 Å². The van der Waals surface area contributed by atoms with Crippen molar-refractivity contribution in [2.75, 3.05) is 6.54 Å². The topological polar surface area (TPSA) is 52.9 Å². The van der Waals surface area contributed by atoms with Crippen LogP contribution in [0.15, 0.2) is 16.6 Å². The Labute approximate surface area is 106 Å². The molecule has 1 atom stereocenters. The first-order valence-electron chi connectivity index (χ1n) is 4.78. The fraction of sp³-hybridized carbons (Fsp3) is 0.273. The molecule has 17 heavy (non-hydrogen) atoms. The lowest BCUT2D eigenvalue weighted by atomic mass is 10.1. The van der Waals surface area contributed by atoms with Crippen LogP contribution in [0.1, 0.15) is 17.3 Å². The van der Waals surface area contributed by atoms with Gasteiger partial charge >= 0.3 is 0 Å². The van der Waals surface area contributed by atoms with Gasteiger partial charge in [0.15, 0.2) is 0 Å². The summed E-state index contributed by atoms with van der Waals surface area (Å²) in [5.41, 5.74) is -0.640. The number of halogens is 3. The van der Waals surface area contributed by atoms with Gasteiger partial charge in [-0.3, -0.25) is 4.79 Å². The molecule has 1 amide bonds. The molecule has 1 aromatic rings. The zero-order chi connectivity index (χ0) is 13.0. The molecule has 0 spiro atoms. The molecule has 1 rings (SSSR count). The predicted octanol–water partition coefficient (Wildman–Crippen LogP) is 2.62. The van der Waals surface area contributed by atoms with E-state index in [0.29, 0.717) is 0 Å². The lowest BCUT2D eigenvalue weighted by Crippen LogP contribution is -2.29. The Kier molecular flexibility index (Phi) is 4.58. The fourth-order valence-electron chi connectivity index (χ4n) is 1.14. The van der Waals surface area contributed by atoms with Crippen LogP contribution in [0.25, 0.3) is 0 Å². The van der Waals surface area contributed by atoms with Crippen molar-refractivity contribution in [2.24, 2.45) is 5.92 Å². The van der Waals surface area contributed by atoms with Crippen LogP contribution in [0, 0.1) is 28.9 Å². The molecule has 0 saturated heterocycles. The third-order valence-corrected chi connectivity index (χ3v) is 2.48. The third-order valence-electron chi connectivity index (χ3n) is 2.02. The Hall–Kier alpha value is -1.48. The molecular formula is C11H9BrF2N2O. The number of carbonyl (C=O) groups excluding carboxylic acids is 1. The van der Waals surface area contributed by atoms with Crippen LogP contribution < -0.4 is 5.32 Å². The molecule has 1 N–H and O–H groups in total. The summed E-state index contributed by atoms with van der Waals surface area (Å²) in [6.45, 7) is 1.64. The lowest BCUT2D eigenvalue weighted by molar-refractivity contribution is 0.0942. The van der Waals surface area contributed by atoms with Crippen molar-refractivity contribution < 1.29 is 13.6 Å². The first-order valence-corrected chi connectivity index (χ1v) is 5.57. The van der Waals surface area contributed by atoms with Gasteiger partial charge in [-0.25, -0.2) is 8.78 Å². The minimum absolute atomic E-state index is 0.0459. The van der Waals surface area contributed by atoms with Crippen molar-refractivity contribution >= 4 is 21.8 Å². The van der Waals surface area contributed by atoms with Gasteiger partial charge in [0.05, 0.1) is 12.0 Å². The Morgan fingerprint density at radius 2 is 2.06 bits per heavy atom. The quantitative estimate of drug-likeness (QED) is 0.933. The minimum Gasteiger partial charge on any atom is -0.351 e. The molecule has 0 radical (unpaired) electrons. The Balaban J connectivity index is 2.87. The van der Waals surface area contributed by atoms with Crippen LogP contribution in [0.5, 0.6) is 0 Å². The van der Waals surface area contributed by atoms with Gasteiger partial charge in [0.1, 0.15) is 17.2 Å². The summed E-state index contributed by atoms with van der Waals surface area (Å²) in [5.74, 6) is -3.17. The van der Waals surface area contributed by atoms with Gasteiger partial charge in [-0.2, -0.15) is 5.26 Å². The first kappa shape index (κ1) is 13.6. The van der Waals surface area contributed by atoms with Crippen molar-refractivity contribution in [3.05, 3.63) is 33.8 Å². The minimum atomic E-state index is -0.945. The normalized spacial score (nSPS) is 11.7. The number of amides is 1. The zero-order valence-corrected chi connectivity index (χ0v) is 10.5. The number of carbonyl (C=O) groups is 1. The molecule has 0 saturated carbocycles. The average Bonchev–Trinajstić information content (AvgIpc) is 2.24. The van der Waals surface area contributed by atoms with E-state index >= 15 is 0 Å². The summed E-state index contributed by atoms with van der Waals surface area (Å²) in [7, 11) is 0. The van der Waals surface area contributed by atoms with Gasteiger partial charge in [0.2, 0.25) is 0 Å². The number of benzene rings is 1. The summed E-state index contributed by atoms with van der Waals surface area (Å²) >= 11 is 2.91. The molecule has 0 aromatic heterocycles. The van der Waals surface area contributed by atoms with E-state index in [1.54, 1.807) is 6.92 Å². The smallest absolute Gasteiger partial charge is 0.257 e. The second kappa shape index (κ2) is 5.73. The van der Waals surface area contributed by atoms with Gasteiger partial charge in [-0.1, -0.05) is 15.9 Å². The van der Waals surface area contributed by atoms with E-state index in [1.807, 2.05) is 6.07 Å². The van der Waals surface area contributed by atoms with E-state index in [4.69, 9.17) is 5.26 Å². The van der Waals surface area contributed by atoms with Gasteiger partial charge in [0, 0.05) is 11.0 Å². The summed E-state index contributed by atoms with van der Waals surface area (Å²) < 4.78 is 27.0. The van der Waals surface area contributed by atoms with E-state index in [2.05, 4.69) is 21.2 Å². The maximum atomic E-state index is 13.4. The second-order valence-electron chi connectivity index (χ2n) is 3.48. The number of nitrogens with one attached hydrogen (secondary N) is 1. The van der Waals surface area contributed by atoms with Crippen molar-refractivity contribution in [1.29, 1.82) is 5.26 Å². The van der Waals surface area contributed by atoms with Gasteiger partial charge in [-0.15, -0.1) is 0 Å². The van der Waals surface area contributed by atoms with Crippen molar-refractivity contribution in [1.82, 2.24) is 5.32 Å². The molecule has 0 heterocycles. The van der Waals surface area contributed by atoms with Gasteiger partial charge in [0.25, 0.3) is 5.91 Å². The van der Waals surface area contributed by atoms with E-state index in [1.165, 1.54) is 0 Å². The zero-order valence-electron chi connectivity index (χ0n) is 8.93. The molecule has 1 unspecified atom stereocenters. The highest BCUT2D eigenvalue weighted by Gasteiger charge is 2.18. The fourth-order valence-corrected chi connectivity index (χ4v) is 1.54.